The first-order chi connectivity index (χ1) is 16.0. The second kappa shape index (κ2) is 9.20. The van der Waals surface area contributed by atoms with E-state index in [0.29, 0.717) is 30.8 Å². The van der Waals surface area contributed by atoms with Gasteiger partial charge in [0, 0.05) is 43.2 Å². The van der Waals surface area contributed by atoms with Gasteiger partial charge >= 0.3 is 11.1 Å². The van der Waals surface area contributed by atoms with Crippen LogP contribution in [-0.4, -0.2) is 60.2 Å². The first kappa shape index (κ1) is 23.9. The molecule has 1 aliphatic rings. The molecule has 2 aromatic heterocycles. The molecule has 3 heterocycles. The highest BCUT2D eigenvalue weighted by Gasteiger charge is 2.31. The maximum Gasteiger partial charge on any atom is 0.383 e. The van der Waals surface area contributed by atoms with Gasteiger partial charge in [0.15, 0.2) is 5.82 Å². The van der Waals surface area contributed by atoms with Crippen LogP contribution < -0.4 is 4.74 Å². The summed E-state index contributed by atoms with van der Waals surface area (Å²) in [5.74, 6) is -1.42. The lowest BCUT2D eigenvalue weighted by atomic mass is 10.0. The van der Waals surface area contributed by atoms with Crippen molar-refractivity contribution in [2.45, 2.75) is 32.0 Å². The molecule has 0 saturated heterocycles. The van der Waals surface area contributed by atoms with Crippen molar-refractivity contribution in [2.75, 3.05) is 20.2 Å². The molecular weight excluding hydrogens is 474 g/mol. The molecule has 1 aromatic carbocycles. The number of halogens is 3. The van der Waals surface area contributed by atoms with Crippen LogP contribution in [0.15, 0.2) is 24.4 Å². The molecule has 4 rings (SSSR count). The van der Waals surface area contributed by atoms with Crippen molar-refractivity contribution in [2.24, 2.45) is 0 Å². The Morgan fingerprint density at radius 2 is 1.94 bits per heavy atom. The summed E-state index contributed by atoms with van der Waals surface area (Å²) in [6, 6.07) is 3.09. The number of rotatable bonds is 7. The molecule has 34 heavy (non-hydrogen) atoms. The van der Waals surface area contributed by atoms with Crippen LogP contribution in [-0.2, 0) is 19.5 Å². The first-order valence-electron chi connectivity index (χ1n) is 10.3. The molecule has 10 nitrogen and oxygen atoms in total. The molecule has 0 aliphatic carbocycles. The van der Waals surface area contributed by atoms with Crippen molar-refractivity contribution in [3.05, 3.63) is 62.7 Å². The van der Waals surface area contributed by atoms with E-state index < -0.39 is 28.0 Å². The van der Waals surface area contributed by atoms with Crippen LogP contribution in [0.1, 0.15) is 18.2 Å². The van der Waals surface area contributed by atoms with Crippen molar-refractivity contribution < 1.29 is 23.5 Å². The van der Waals surface area contributed by atoms with E-state index in [4.69, 9.17) is 16.3 Å². The first-order valence-corrected chi connectivity index (χ1v) is 10.6. The molecule has 180 valence electrons. The molecule has 1 N–H and O–H groups in total. The van der Waals surface area contributed by atoms with Gasteiger partial charge in [0.2, 0.25) is 5.88 Å². The molecule has 0 unspecified atom stereocenters. The van der Waals surface area contributed by atoms with Gasteiger partial charge in [0.05, 0.1) is 24.9 Å². The SMILES string of the molecule is COc1nc(-c2cc(F)cc(F)c2)nc2c1CN(C[C@](C)(O)Cn1cc([N+](=O)[O-])nc1Cl)CC2. The maximum atomic E-state index is 13.7. The monoisotopic (exact) mass is 494 g/mol. The summed E-state index contributed by atoms with van der Waals surface area (Å²) >= 11 is 5.97. The fourth-order valence-electron chi connectivity index (χ4n) is 4.03. The number of β-amino-alcohol motifs (C(OH)–C–C–N with tert-alkyl or cyclic N) is 1. The summed E-state index contributed by atoms with van der Waals surface area (Å²) in [5.41, 5.74) is 0.315. The Morgan fingerprint density at radius 3 is 2.56 bits per heavy atom. The third-order valence-electron chi connectivity index (χ3n) is 5.39. The number of imidazole rings is 1. The van der Waals surface area contributed by atoms with Gasteiger partial charge in [-0.1, -0.05) is 0 Å². The second-order valence-corrected chi connectivity index (χ2v) is 8.69. The number of methoxy groups -OCH3 is 1. The Hall–Kier alpha value is -3.22. The van der Waals surface area contributed by atoms with Crippen LogP contribution in [0.4, 0.5) is 14.6 Å². The van der Waals surface area contributed by atoms with Crippen LogP contribution in [0.5, 0.6) is 5.88 Å². The normalized spacial score (nSPS) is 15.6. The minimum absolute atomic E-state index is 0.00621. The molecule has 0 bridgehead atoms. The van der Waals surface area contributed by atoms with Gasteiger partial charge < -0.3 is 20.0 Å². The molecular formula is C21H21ClF2N6O4. The summed E-state index contributed by atoms with van der Waals surface area (Å²) in [5, 5.41) is 21.8. The number of hydrogen-bond acceptors (Lipinski definition) is 8. The number of benzene rings is 1. The van der Waals surface area contributed by atoms with E-state index in [9.17, 15) is 24.0 Å². The molecule has 13 heteroatoms. The number of aliphatic hydroxyl groups is 1. The Labute approximate surface area is 197 Å². The van der Waals surface area contributed by atoms with E-state index in [-0.39, 0.29) is 35.6 Å². The summed E-state index contributed by atoms with van der Waals surface area (Å²) in [6.45, 7) is 2.71. The summed E-state index contributed by atoms with van der Waals surface area (Å²) in [6.07, 6.45) is 1.67. The highest BCUT2D eigenvalue weighted by atomic mass is 35.5. The van der Waals surface area contributed by atoms with Crippen LogP contribution in [0.3, 0.4) is 0 Å². The average molecular weight is 495 g/mol. The molecule has 1 atom stereocenters. The quantitative estimate of drug-likeness (QED) is 0.393. The predicted molar refractivity (Wildman–Crippen MR) is 117 cm³/mol. The van der Waals surface area contributed by atoms with Crippen molar-refractivity contribution in [1.82, 2.24) is 24.4 Å². The van der Waals surface area contributed by atoms with Gasteiger partial charge in [-0.15, -0.1) is 0 Å². The van der Waals surface area contributed by atoms with E-state index in [1.165, 1.54) is 17.9 Å². The lowest BCUT2D eigenvalue weighted by molar-refractivity contribution is -0.389. The van der Waals surface area contributed by atoms with Gasteiger partial charge in [-0.25, -0.2) is 13.8 Å². The maximum absolute atomic E-state index is 13.7. The number of nitro groups is 1. The summed E-state index contributed by atoms with van der Waals surface area (Å²) < 4.78 is 34.1. The largest absolute Gasteiger partial charge is 0.481 e. The zero-order valence-electron chi connectivity index (χ0n) is 18.3. The molecule has 0 saturated carbocycles. The highest BCUT2D eigenvalue weighted by Crippen LogP contribution is 2.30. The molecule has 1 aliphatic heterocycles. The smallest absolute Gasteiger partial charge is 0.383 e. The van der Waals surface area contributed by atoms with Gasteiger partial charge in [-0.3, -0.25) is 9.47 Å². The minimum atomic E-state index is -1.29. The zero-order chi connectivity index (χ0) is 24.6. The van der Waals surface area contributed by atoms with Crippen LogP contribution in [0.2, 0.25) is 5.28 Å². The lowest BCUT2D eigenvalue weighted by Crippen LogP contribution is -2.45. The molecule has 0 amide bonds. The topological polar surface area (TPSA) is 119 Å². The Bertz CT molecular complexity index is 1210. The van der Waals surface area contributed by atoms with Gasteiger partial charge in [-0.05, 0) is 40.6 Å². The summed E-state index contributed by atoms with van der Waals surface area (Å²) in [7, 11) is 1.45. The average Bonchev–Trinajstić information content (AvgIpc) is 3.11. The fraction of sp³-hybridized carbons (Fsp3) is 0.381. The number of fused-ring (bicyclic) bond motifs is 1. The third kappa shape index (κ3) is 5.13. The van der Waals surface area contributed by atoms with Crippen molar-refractivity contribution >= 4 is 17.4 Å². The Morgan fingerprint density at radius 1 is 1.24 bits per heavy atom. The van der Waals surface area contributed by atoms with Gasteiger partial charge in [0.25, 0.3) is 0 Å². The van der Waals surface area contributed by atoms with E-state index in [0.717, 1.165) is 18.2 Å². The van der Waals surface area contributed by atoms with Crippen molar-refractivity contribution in [3.63, 3.8) is 0 Å². The predicted octanol–water partition coefficient (Wildman–Crippen LogP) is 3.00. The standard InChI is InChI=1S/C21H21ClF2N6O4/c1-21(31,11-29-9-17(30(32)33)26-20(29)22)10-28-4-3-16-15(8-28)19(34-2)27-18(25-16)12-5-13(23)7-14(24)6-12/h5-7,9,31H,3-4,8,10-11H2,1-2H3/t21-/m0/s1. The minimum Gasteiger partial charge on any atom is -0.481 e. The van der Waals surface area contributed by atoms with E-state index in [1.807, 2.05) is 4.90 Å². The van der Waals surface area contributed by atoms with Gasteiger partial charge in [-0.2, -0.15) is 4.98 Å². The number of nitrogens with zero attached hydrogens (tertiary/aromatic N) is 6. The van der Waals surface area contributed by atoms with Crippen molar-refractivity contribution in [3.8, 4) is 17.3 Å². The van der Waals surface area contributed by atoms with Gasteiger partial charge in [0.1, 0.15) is 17.8 Å². The molecule has 0 fully saturated rings. The number of hydrogen-bond donors (Lipinski definition) is 1. The second-order valence-electron chi connectivity index (χ2n) is 8.35. The van der Waals surface area contributed by atoms with E-state index in [1.54, 1.807) is 6.92 Å². The van der Waals surface area contributed by atoms with E-state index >= 15 is 0 Å². The fourth-order valence-corrected chi connectivity index (χ4v) is 4.23. The Balaban J connectivity index is 1.53. The lowest BCUT2D eigenvalue weighted by Gasteiger charge is -2.34. The van der Waals surface area contributed by atoms with Crippen LogP contribution >= 0.6 is 11.6 Å². The van der Waals surface area contributed by atoms with E-state index in [2.05, 4.69) is 15.0 Å². The van der Waals surface area contributed by atoms with Crippen LogP contribution in [0, 0.1) is 21.7 Å². The third-order valence-corrected chi connectivity index (χ3v) is 5.69. The summed E-state index contributed by atoms with van der Waals surface area (Å²) in [4.78, 5) is 24.7. The Kier molecular flexibility index (Phi) is 6.47. The number of aromatic nitrogens is 4. The molecule has 0 spiro atoms. The molecule has 0 radical (unpaired) electrons. The highest BCUT2D eigenvalue weighted by molar-refractivity contribution is 6.28. The number of ether oxygens (including phenoxy) is 1. The molecule has 3 aromatic rings. The zero-order valence-corrected chi connectivity index (χ0v) is 19.1. The van der Waals surface area contributed by atoms with Crippen LogP contribution in [0.25, 0.3) is 11.4 Å². The van der Waals surface area contributed by atoms with Crippen molar-refractivity contribution in [1.29, 1.82) is 0 Å².